The highest BCUT2D eigenvalue weighted by molar-refractivity contribution is 7.80. The van der Waals surface area contributed by atoms with Crippen LogP contribution in [-0.2, 0) is 14.2 Å². The van der Waals surface area contributed by atoms with Crippen LogP contribution in [0.25, 0.3) is 0 Å². The number of hydrogen-bond acceptors (Lipinski definition) is 4. The van der Waals surface area contributed by atoms with Gasteiger partial charge < -0.3 is 24.4 Å². The van der Waals surface area contributed by atoms with Crippen LogP contribution >= 0.6 is 12.2 Å². The summed E-state index contributed by atoms with van der Waals surface area (Å²) in [6.07, 6.45) is 3.98. The predicted molar refractivity (Wildman–Crippen MR) is 90.9 cm³/mol. The first kappa shape index (κ1) is 17.9. The molecule has 5 nitrogen and oxygen atoms in total. The summed E-state index contributed by atoms with van der Waals surface area (Å²) in [6, 6.07) is 0.454. The van der Waals surface area contributed by atoms with Crippen molar-refractivity contribution in [3.63, 3.8) is 0 Å². The number of nitrogens with one attached hydrogen (secondary N) is 1. The van der Waals surface area contributed by atoms with Gasteiger partial charge in [-0.2, -0.15) is 0 Å². The molecule has 1 saturated heterocycles. The third-order valence-electron chi connectivity index (χ3n) is 4.62. The molecule has 0 radical (unpaired) electrons. The Morgan fingerprint density at radius 1 is 1.27 bits per heavy atom. The zero-order valence-corrected chi connectivity index (χ0v) is 15.1. The van der Waals surface area contributed by atoms with Crippen LogP contribution in [0.15, 0.2) is 0 Å². The molecular formula is C16H30N2O3S. The monoisotopic (exact) mass is 330 g/mol. The molecule has 6 heteroatoms. The van der Waals surface area contributed by atoms with E-state index < -0.39 is 0 Å². The van der Waals surface area contributed by atoms with Crippen molar-refractivity contribution in [3.05, 3.63) is 0 Å². The largest absolute Gasteiger partial charge is 0.383 e. The van der Waals surface area contributed by atoms with Gasteiger partial charge in [0, 0.05) is 45.0 Å². The molecule has 1 N–H and O–H groups in total. The minimum atomic E-state index is -0.349. The Morgan fingerprint density at radius 3 is 2.41 bits per heavy atom. The topological polar surface area (TPSA) is 43.0 Å². The fourth-order valence-electron chi connectivity index (χ4n) is 3.01. The second-order valence-corrected chi connectivity index (χ2v) is 7.61. The van der Waals surface area contributed by atoms with Crippen molar-refractivity contribution in [2.24, 2.45) is 5.41 Å². The molecule has 1 heterocycles. The molecule has 1 aliphatic carbocycles. The van der Waals surface area contributed by atoms with Crippen molar-refractivity contribution in [3.8, 4) is 0 Å². The minimum Gasteiger partial charge on any atom is -0.383 e. The highest BCUT2D eigenvalue weighted by Gasteiger charge is 2.43. The van der Waals surface area contributed by atoms with E-state index in [2.05, 4.69) is 31.1 Å². The second kappa shape index (κ2) is 7.43. The van der Waals surface area contributed by atoms with Gasteiger partial charge in [-0.25, -0.2) is 0 Å². The lowest BCUT2D eigenvalue weighted by molar-refractivity contribution is -0.311. The Kier molecular flexibility index (Phi) is 6.05. The lowest BCUT2D eigenvalue weighted by atomic mass is 9.86. The quantitative estimate of drug-likeness (QED) is 0.629. The predicted octanol–water partition coefficient (Wildman–Crippen LogP) is 2.15. The Labute approximate surface area is 139 Å². The van der Waals surface area contributed by atoms with Crippen molar-refractivity contribution >= 4 is 17.3 Å². The first-order chi connectivity index (χ1) is 10.4. The third-order valence-corrected chi connectivity index (χ3v) is 5.05. The maximum Gasteiger partial charge on any atom is 0.169 e. The Hall–Kier alpha value is -0.430. The van der Waals surface area contributed by atoms with Gasteiger partial charge in [-0.1, -0.05) is 13.8 Å². The molecule has 1 aliphatic heterocycles. The normalized spacial score (nSPS) is 24.2. The lowest BCUT2D eigenvalue weighted by Gasteiger charge is -2.48. The van der Waals surface area contributed by atoms with Gasteiger partial charge in [0.05, 0.1) is 19.8 Å². The molecule has 0 aromatic carbocycles. The van der Waals surface area contributed by atoms with Gasteiger partial charge in [-0.3, -0.25) is 0 Å². The van der Waals surface area contributed by atoms with E-state index >= 15 is 0 Å². The maximum absolute atomic E-state index is 6.08. The first-order valence-corrected chi connectivity index (χ1v) is 8.56. The highest BCUT2D eigenvalue weighted by atomic mass is 32.1. The number of ether oxygens (including phenoxy) is 3. The van der Waals surface area contributed by atoms with Gasteiger partial charge in [0.1, 0.15) is 0 Å². The summed E-state index contributed by atoms with van der Waals surface area (Å²) in [5, 5.41) is 4.03. The third kappa shape index (κ3) is 4.54. The van der Waals surface area contributed by atoms with Crippen molar-refractivity contribution in [1.29, 1.82) is 0 Å². The number of thiocarbonyl (C=S) groups is 1. The van der Waals surface area contributed by atoms with E-state index in [0.29, 0.717) is 12.6 Å². The molecular weight excluding hydrogens is 300 g/mol. The molecule has 0 unspecified atom stereocenters. The summed E-state index contributed by atoms with van der Waals surface area (Å²) in [5.41, 5.74) is 0.131. The van der Waals surface area contributed by atoms with Crippen molar-refractivity contribution in [1.82, 2.24) is 10.2 Å². The minimum absolute atomic E-state index is 0.131. The average Bonchev–Trinajstić information content (AvgIpc) is 2.51. The van der Waals surface area contributed by atoms with E-state index in [-0.39, 0.29) is 11.2 Å². The van der Waals surface area contributed by atoms with Crippen LogP contribution < -0.4 is 5.32 Å². The lowest BCUT2D eigenvalue weighted by Crippen LogP contribution is -2.53. The smallest absolute Gasteiger partial charge is 0.169 e. The highest BCUT2D eigenvalue weighted by Crippen LogP contribution is 2.40. The molecule has 0 aromatic rings. The summed E-state index contributed by atoms with van der Waals surface area (Å²) in [4.78, 5) is 2.17. The van der Waals surface area contributed by atoms with Crippen LogP contribution in [-0.4, -0.2) is 62.4 Å². The average molecular weight is 330 g/mol. The number of hydrogen-bond donors (Lipinski definition) is 1. The number of nitrogens with zero attached hydrogens (tertiary/aromatic N) is 1. The van der Waals surface area contributed by atoms with E-state index in [1.165, 1.54) is 0 Å². The van der Waals surface area contributed by atoms with Crippen molar-refractivity contribution < 1.29 is 14.2 Å². The zero-order chi connectivity index (χ0) is 16.2. The standard InChI is InChI=1S/C16H30N2O3S/c1-15(2)11-20-16(21-12-15)7-5-13(6-8-16)18(3)14(22)17-9-10-19-4/h13H,5-12H2,1-4H3,(H,17,22). The summed E-state index contributed by atoms with van der Waals surface area (Å²) < 4.78 is 17.2. The van der Waals surface area contributed by atoms with Crippen LogP contribution in [0, 0.1) is 5.41 Å². The van der Waals surface area contributed by atoms with Crippen LogP contribution in [0.3, 0.4) is 0 Å². The van der Waals surface area contributed by atoms with E-state index in [9.17, 15) is 0 Å². The van der Waals surface area contributed by atoms with Gasteiger partial charge >= 0.3 is 0 Å². The van der Waals surface area contributed by atoms with Gasteiger partial charge in [0.2, 0.25) is 0 Å². The van der Waals surface area contributed by atoms with Gasteiger partial charge in [-0.15, -0.1) is 0 Å². The summed E-state index contributed by atoms with van der Waals surface area (Å²) in [6.45, 7) is 7.35. The SMILES string of the molecule is COCCNC(=S)N(C)C1CCC2(CC1)OCC(C)(C)CO2. The van der Waals surface area contributed by atoms with Crippen LogP contribution in [0.1, 0.15) is 39.5 Å². The molecule has 2 rings (SSSR count). The molecule has 1 saturated carbocycles. The van der Waals surface area contributed by atoms with Gasteiger partial charge in [0.15, 0.2) is 10.9 Å². The molecule has 128 valence electrons. The maximum atomic E-state index is 6.08. The Bertz CT molecular complexity index is 370. The fraction of sp³-hybridized carbons (Fsp3) is 0.938. The fourth-order valence-corrected chi connectivity index (χ4v) is 3.26. The summed E-state index contributed by atoms with van der Waals surface area (Å²) in [7, 11) is 3.76. The van der Waals surface area contributed by atoms with E-state index in [1.807, 2.05) is 0 Å². The molecule has 2 aliphatic rings. The van der Waals surface area contributed by atoms with Crippen LogP contribution in [0.4, 0.5) is 0 Å². The Balaban J connectivity index is 1.78. The first-order valence-electron chi connectivity index (χ1n) is 8.15. The second-order valence-electron chi connectivity index (χ2n) is 7.22. The summed E-state index contributed by atoms with van der Waals surface area (Å²) in [5.74, 6) is -0.349. The van der Waals surface area contributed by atoms with E-state index in [0.717, 1.165) is 50.6 Å². The number of methoxy groups -OCH3 is 1. The van der Waals surface area contributed by atoms with E-state index in [4.69, 9.17) is 26.4 Å². The molecule has 22 heavy (non-hydrogen) atoms. The van der Waals surface area contributed by atoms with Crippen molar-refractivity contribution in [2.75, 3.05) is 40.5 Å². The summed E-state index contributed by atoms with van der Waals surface area (Å²) >= 11 is 5.45. The number of rotatable bonds is 4. The van der Waals surface area contributed by atoms with Crippen LogP contribution in [0.5, 0.6) is 0 Å². The Morgan fingerprint density at radius 2 is 1.86 bits per heavy atom. The van der Waals surface area contributed by atoms with Gasteiger partial charge in [-0.05, 0) is 25.1 Å². The molecule has 0 bridgehead atoms. The molecule has 1 spiro atoms. The molecule has 2 fully saturated rings. The van der Waals surface area contributed by atoms with Crippen LogP contribution in [0.2, 0.25) is 0 Å². The molecule has 0 amide bonds. The van der Waals surface area contributed by atoms with Crippen molar-refractivity contribution in [2.45, 2.75) is 51.4 Å². The molecule has 0 aromatic heterocycles. The van der Waals surface area contributed by atoms with Gasteiger partial charge in [0.25, 0.3) is 0 Å². The zero-order valence-electron chi connectivity index (χ0n) is 14.3. The molecule has 0 atom stereocenters. The van der Waals surface area contributed by atoms with E-state index in [1.54, 1.807) is 7.11 Å².